The summed E-state index contributed by atoms with van der Waals surface area (Å²) >= 11 is 0. The Bertz CT molecular complexity index is 337. The molecule has 0 fully saturated rings. The van der Waals surface area contributed by atoms with Gasteiger partial charge in [-0.3, -0.25) is 20.4 Å². The third kappa shape index (κ3) is 7.11. The normalized spacial score (nSPS) is 8.65. The predicted molar refractivity (Wildman–Crippen MR) is 68.3 cm³/mol. The molecule has 1 aromatic carbocycles. The number of rotatable bonds is 2. The molecule has 0 aromatic heterocycles. The van der Waals surface area contributed by atoms with Crippen molar-refractivity contribution in [3.63, 3.8) is 0 Å². The summed E-state index contributed by atoms with van der Waals surface area (Å²) in [5.41, 5.74) is 5.12. The molecule has 0 aliphatic carbocycles. The van der Waals surface area contributed by atoms with Crippen LogP contribution in [0, 0.1) is 0 Å². The van der Waals surface area contributed by atoms with Crippen LogP contribution in [0.3, 0.4) is 0 Å². The number of benzene rings is 1. The summed E-state index contributed by atoms with van der Waals surface area (Å²) < 4.78 is 0. The van der Waals surface area contributed by atoms with Gasteiger partial charge in [-0.1, -0.05) is 45.4 Å². The first-order chi connectivity index (χ1) is 8.15. The number of carbonyl (C=O) groups is 2. The molecule has 0 atom stereocenters. The number of hydrogen-bond donors (Lipinski definition) is 2. The van der Waals surface area contributed by atoms with Gasteiger partial charge in [0.15, 0.2) is 0 Å². The minimum Gasteiger partial charge on any atom is -0.273 e. The van der Waals surface area contributed by atoms with E-state index in [1.54, 1.807) is 31.2 Å². The zero-order valence-corrected chi connectivity index (χ0v) is 10.6. The van der Waals surface area contributed by atoms with Crippen LogP contribution >= 0.6 is 0 Å². The highest BCUT2D eigenvalue weighted by Crippen LogP contribution is 1.96. The Morgan fingerprint density at radius 3 is 2.00 bits per heavy atom. The smallest absolute Gasteiger partial charge is 0.269 e. The monoisotopic (exact) mass is 236 g/mol. The summed E-state index contributed by atoms with van der Waals surface area (Å²) in [6, 6.07) is 8.69. The second-order valence-corrected chi connectivity index (χ2v) is 3.43. The largest absolute Gasteiger partial charge is 0.273 e. The Kier molecular flexibility index (Phi) is 8.37. The van der Waals surface area contributed by atoms with Gasteiger partial charge in [0.25, 0.3) is 5.91 Å². The van der Waals surface area contributed by atoms with Gasteiger partial charge in [0.1, 0.15) is 0 Å². The lowest BCUT2D eigenvalue weighted by atomic mass is 10.2. The van der Waals surface area contributed by atoms with E-state index in [0.29, 0.717) is 12.0 Å². The average molecular weight is 236 g/mol. The average Bonchev–Trinajstić information content (AvgIpc) is 2.37. The van der Waals surface area contributed by atoms with E-state index in [9.17, 15) is 9.59 Å². The fourth-order valence-corrected chi connectivity index (χ4v) is 0.877. The maximum atomic E-state index is 11.3. The molecule has 2 amide bonds. The molecule has 17 heavy (non-hydrogen) atoms. The van der Waals surface area contributed by atoms with Gasteiger partial charge in [-0.15, -0.1) is 0 Å². The summed E-state index contributed by atoms with van der Waals surface area (Å²) in [5, 5.41) is 0. The molecule has 0 saturated heterocycles. The fraction of sp³-hybridized carbons (Fsp3) is 0.385. The lowest BCUT2D eigenvalue weighted by molar-refractivity contribution is -0.121. The molecule has 0 radical (unpaired) electrons. The van der Waals surface area contributed by atoms with Gasteiger partial charge < -0.3 is 0 Å². The van der Waals surface area contributed by atoms with Gasteiger partial charge in [-0.25, -0.2) is 0 Å². The van der Waals surface area contributed by atoms with Crippen LogP contribution in [0.25, 0.3) is 0 Å². The van der Waals surface area contributed by atoms with E-state index in [4.69, 9.17) is 0 Å². The Labute approximate surface area is 102 Å². The van der Waals surface area contributed by atoms with Gasteiger partial charge in [-0.2, -0.15) is 0 Å². The summed E-state index contributed by atoms with van der Waals surface area (Å²) in [5.74, 6) is -0.526. The lowest BCUT2D eigenvalue weighted by Crippen LogP contribution is -2.41. The highest BCUT2D eigenvalue weighted by Gasteiger charge is 2.04. The van der Waals surface area contributed by atoms with E-state index in [0.717, 1.165) is 0 Å². The molecule has 4 heteroatoms. The van der Waals surface area contributed by atoms with Gasteiger partial charge >= 0.3 is 0 Å². The van der Waals surface area contributed by atoms with Crippen LogP contribution in [0.15, 0.2) is 30.3 Å². The third-order valence-electron chi connectivity index (χ3n) is 1.67. The van der Waals surface area contributed by atoms with E-state index in [1.807, 2.05) is 6.07 Å². The molecular weight excluding hydrogens is 216 g/mol. The highest BCUT2D eigenvalue weighted by atomic mass is 16.2. The Balaban J connectivity index is 0.000000770. The van der Waals surface area contributed by atoms with E-state index in [-0.39, 0.29) is 11.8 Å². The molecule has 0 unspecified atom stereocenters. The minimum atomic E-state index is -0.313. The number of hydrogen-bond acceptors (Lipinski definition) is 2. The fourth-order valence-electron chi connectivity index (χ4n) is 0.877. The summed E-state index contributed by atoms with van der Waals surface area (Å²) in [7, 11) is 0. The standard InChI is InChI=1S/C10H12N2O2.C3H8/c1-2-9(13)11-12-10(14)8-6-4-3-5-7-8;1-3-2/h3-7H,2H2,1H3,(H,11,13)(H,12,14);3H2,1-2H3. The van der Waals surface area contributed by atoms with Crippen molar-refractivity contribution < 1.29 is 9.59 Å². The first kappa shape index (κ1) is 15.2. The summed E-state index contributed by atoms with van der Waals surface area (Å²) in [6.45, 7) is 5.96. The summed E-state index contributed by atoms with van der Waals surface area (Å²) in [4.78, 5) is 22.2. The van der Waals surface area contributed by atoms with Crippen molar-refractivity contribution in [1.82, 2.24) is 10.9 Å². The Hall–Kier alpha value is -1.84. The minimum absolute atomic E-state index is 0.214. The van der Waals surface area contributed by atoms with Crippen LogP contribution in [-0.2, 0) is 4.79 Å². The molecule has 1 rings (SSSR count). The molecule has 0 aliphatic heterocycles. The molecule has 0 spiro atoms. The highest BCUT2D eigenvalue weighted by molar-refractivity contribution is 5.95. The number of amides is 2. The first-order valence-electron chi connectivity index (χ1n) is 5.79. The number of hydrazine groups is 1. The molecule has 0 aliphatic rings. The predicted octanol–water partition coefficient (Wildman–Crippen LogP) is 2.27. The Morgan fingerprint density at radius 1 is 1.00 bits per heavy atom. The maximum Gasteiger partial charge on any atom is 0.269 e. The molecule has 2 N–H and O–H groups in total. The van der Waals surface area contributed by atoms with E-state index >= 15 is 0 Å². The number of nitrogens with one attached hydrogen (secondary N) is 2. The van der Waals surface area contributed by atoms with E-state index < -0.39 is 0 Å². The van der Waals surface area contributed by atoms with Crippen LogP contribution in [0.1, 0.15) is 44.0 Å². The van der Waals surface area contributed by atoms with Crippen LogP contribution in [-0.4, -0.2) is 11.8 Å². The Morgan fingerprint density at radius 2 is 1.53 bits per heavy atom. The van der Waals surface area contributed by atoms with Crippen molar-refractivity contribution in [2.24, 2.45) is 0 Å². The number of carbonyl (C=O) groups excluding carboxylic acids is 2. The first-order valence-corrected chi connectivity index (χ1v) is 5.79. The quantitative estimate of drug-likeness (QED) is 0.774. The van der Waals surface area contributed by atoms with Gasteiger partial charge in [0.2, 0.25) is 5.91 Å². The molecule has 0 bridgehead atoms. The van der Waals surface area contributed by atoms with Crippen molar-refractivity contribution in [2.45, 2.75) is 33.6 Å². The molecular formula is C13H20N2O2. The topological polar surface area (TPSA) is 58.2 Å². The van der Waals surface area contributed by atoms with Crippen molar-refractivity contribution in [3.05, 3.63) is 35.9 Å². The third-order valence-corrected chi connectivity index (χ3v) is 1.67. The van der Waals surface area contributed by atoms with Gasteiger partial charge in [0, 0.05) is 12.0 Å². The second-order valence-electron chi connectivity index (χ2n) is 3.43. The van der Waals surface area contributed by atoms with Crippen LogP contribution < -0.4 is 10.9 Å². The van der Waals surface area contributed by atoms with Crippen molar-refractivity contribution in [3.8, 4) is 0 Å². The molecule has 0 heterocycles. The molecule has 0 saturated carbocycles. The van der Waals surface area contributed by atoms with Crippen LogP contribution in [0.2, 0.25) is 0 Å². The summed E-state index contributed by atoms with van der Waals surface area (Å²) in [6.07, 6.45) is 1.59. The zero-order chi connectivity index (χ0) is 13.1. The van der Waals surface area contributed by atoms with Gasteiger partial charge in [0.05, 0.1) is 0 Å². The second kappa shape index (κ2) is 9.39. The van der Waals surface area contributed by atoms with Crippen molar-refractivity contribution in [1.29, 1.82) is 0 Å². The maximum absolute atomic E-state index is 11.3. The van der Waals surface area contributed by atoms with E-state index in [1.165, 1.54) is 6.42 Å². The van der Waals surface area contributed by atoms with Crippen LogP contribution in [0.4, 0.5) is 0 Å². The van der Waals surface area contributed by atoms with Crippen molar-refractivity contribution in [2.75, 3.05) is 0 Å². The van der Waals surface area contributed by atoms with Crippen LogP contribution in [0.5, 0.6) is 0 Å². The molecule has 4 nitrogen and oxygen atoms in total. The van der Waals surface area contributed by atoms with Crippen molar-refractivity contribution >= 4 is 11.8 Å². The molecule has 94 valence electrons. The zero-order valence-electron chi connectivity index (χ0n) is 10.6. The SMILES string of the molecule is CCC.CCC(=O)NNC(=O)c1ccccc1. The van der Waals surface area contributed by atoms with E-state index in [2.05, 4.69) is 24.7 Å². The van der Waals surface area contributed by atoms with Gasteiger partial charge in [-0.05, 0) is 12.1 Å². The lowest BCUT2D eigenvalue weighted by Gasteiger charge is -2.05. The molecule has 1 aromatic rings.